The Morgan fingerprint density at radius 2 is 1.05 bits per heavy atom. The Kier molecular flexibility index (Phi) is 10.5. The monoisotopic (exact) mass is 544 g/mol. The number of thioether (sulfide) groups is 2. The average Bonchev–Trinajstić information content (AvgIpc) is 3.68. The Labute approximate surface area is 236 Å². The van der Waals surface area contributed by atoms with Crippen LogP contribution in [0.5, 0.6) is 0 Å². The van der Waals surface area contributed by atoms with E-state index >= 15 is 0 Å². The zero-order valence-corrected chi connectivity index (χ0v) is 27.2. The van der Waals surface area contributed by atoms with Crippen molar-refractivity contribution in [3.05, 3.63) is 59.7 Å². The van der Waals surface area contributed by atoms with E-state index in [0.717, 1.165) is 0 Å². The minimum Gasteiger partial charge on any atom is -0.392 e. The highest BCUT2D eigenvalue weighted by atomic mass is 32.2. The number of aliphatic hydroxyl groups is 1. The molecular formula is C33H52O2S2. The van der Waals surface area contributed by atoms with Crippen LogP contribution in [0.1, 0.15) is 113 Å². The van der Waals surface area contributed by atoms with Crippen molar-refractivity contribution in [3.63, 3.8) is 0 Å². The molecule has 5 rings (SSSR count). The molecule has 3 aliphatic rings. The van der Waals surface area contributed by atoms with E-state index in [1.807, 2.05) is 51.2 Å². The first-order valence-corrected chi connectivity index (χ1v) is 15.7. The molecule has 1 saturated heterocycles. The topological polar surface area (TPSA) is 32.8 Å². The van der Waals surface area contributed by atoms with Crippen LogP contribution in [0.15, 0.2) is 58.3 Å². The molecule has 3 aliphatic heterocycles. The molecule has 2 aromatic carbocycles. The maximum Gasteiger partial charge on any atom is 0.111 e. The van der Waals surface area contributed by atoms with Gasteiger partial charge in [0.15, 0.2) is 0 Å². The van der Waals surface area contributed by atoms with Crippen molar-refractivity contribution in [2.45, 2.75) is 134 Å². The van der Waals surface area contributed by atoms with Gasteiger partial charge in [0.25, 0.3) is 0 Å². The first kappa shape index (κ1) is 32.3. The van der Waals surface area contributed by atoms with Crippen molar-refractivity contribution in [1.29, 1.82) is 0 Å². The number of fused-ring (bicyclic) bond motifs is 4. The van der Waals surface area contributed by atoms with Gasteiger partial charge in [-0.15, -0.1) is 23.5 Å². The molecule has 1 N–H and O–H groups in total. The molecule has 0 bridgehead atoms. The summed E-state index contributed by atoms with van der Waals surface area (Å²) in [5, 5.41) is 10.7. The number of epoxide rings is 1. The summed E-state index contributed by atoms with van der Waals surface area (Å²) in [5.41, 5.74) is 2.76. The van der Waals surface area contributed by atoms with Crippen molar-refractivity contribution in [2.75, 3.05) is 0 Å². The van der Waals surface area contributed by atoms with E-state index < -0.39 is 0 Å². The van der Waals surface area contributed by atoms with Gasteiger partial charge in [0.05, 0.1) is 12.2 Å². The molecule has 0 radical (unpaired) electrons. The second kappa shape index (κ2) is 12.1. The molecule has 2 aromatic rings. The van der Waals surface area contributed by atoms with Crippen LogP contribution in [0.3, 0.4) is 0 Å². The van der Waals surface area contributed by atoms with Crippen LogP contribution in [-0.4, -0.2) is 26.8 Å². The SMILES string of the molecule is CC.CC.CC1(C)Sc2ccccc2C2OC2C1(C)C.CC1c2ccccc2SC(C)(C)C(C)(C)C1O. The summed E-state index contributed by atoms with van der Waals surface area (Å²) in [4.78, 5) is 2.71. The fraction of sp³-hybridized carbons (Fsp3) is 0.636. The van der Waals surface area contributed by atoms with Crippen molar-refractivity contribution >= 4 is 23.5 Å². The maximum absolute atomic E-state index is 10.7. The van der Waals surface area contributed by atoms with Crippen molar-refractivity contribution in [3.8, 4) is 0 Å². The van der Waals surface area contributed by atoms with Gasteiger partial charge in [-0.1, -0.05) is 98.7 Å². The summed E-state index contributed by atoms with van der Waals surface area (Å²) >= 11 is 3.89. The first-order valence-electron chi connectivity index (χ1n) is 14.1. The largest absolute Gasteiger partial charge is 0.392 e. The molecular weight excluding hydrogens is 492 g/mol. The lowest BCUT2D eigenvalue weighted by molar-refractivity contribution is 0.0138. The molecule has 0 saturated carbocycles. The van der Waals surface area contributed by atoms with E-state index in [1.54, 1.807) is 0 Å². The third-order valence-corrected chi connectivity index (χ3v) is 12.1. The Morgan fingerprint density at radius 3 is 1.57 bits per heavy atom. The molecule has 0 spiro atoms. The number of rotatable bonds is 0. The normalized spacial score (nSPS) is 28.8. The minimum absolute atomic E-state index is 0.0211. The van der Waals surface area contributed by atoms with E-state index in [4.69, 9.17) is 4.74 Å². The summed E-state index contributed by atoms with van der Waals surface area (Å²) in [6.07, 6.45) is 0.410. The van der Waals surface area contributed by atoms with Gasteiger partial charge in [-0.2, -0.15) is 0 Å². The fourth-order valence-electron chi connectivity index (χ4n) is 4.96. The highest BCUT2D eigenvalue weighted by Gasteiger charge is 2.59. The van der Waals surface area contributed by atoms with Crippen LogP contribution in [-0.2, 0) is 4.74 Å². The molecule has 208 valence electrons. The number of aliphatic hydroxyl groups excluding tert-OH is 1. The number of hydrogen-bond donors (Lipinski definition) is 1. The van der Waals surface area contributed by atoms with Crippen LogP contribution >= 0.6 is 23.5 Å². The third kappa shape index (κ3) is 6.13. The van der Waals surface area contributed by atoms with Gasteiger partial charge in [-0.05, 0) is 51.0 Å². The predicted molar refractivity (Wildman–Crippen MR) is 165 cm³/mol. The molecule has 2 nitrogen and oxygen atoms in total. The molecule has 1 fully saturated rings. The van der Waals surface area contributed by atoms with Gasteiger partial charge in [0.2, 0.25) is 0 Å². The second-order valence-electron chi connectivity index (χ2n) is 12.0. The molecule has 0 aliphatic carbocycles. The number of hydrogen-bond acceptors (Lipinski definition) is 4. The Balaban J connectivity index is 0.000000230. The lowest BCUT2D eigenvalue weighted by atomic mass is 9.70. The zero-order chi connectivity index (χ0) is 28.4. The van der Waals surface area contributed by atoms with Gasteiger partial charge >= 0.3 is 0 Å². The zero-order valence-electron chi connectivity index (χ0n) is 25.6. The third-order valence-electron chi connectivity index (χ3n) is 8.88. The second-order valence-corrected chi connectivity index (χ2v) is 15.3. The summed E-state index contributed by atoms with van der Waals surface area (Å²) in [6, 6.07) is 17.1. The summed E-state index contributed by atoms with van der Waals surface area (Å²) in [5.74, 6) is 0.190. The van der Waals surface area contributed by atoms with Crippen LogP contribution in [0.25, 0.3) is 0 Å². The number of benzene rings is 2. The standard InChI is InChI=1S/C15H22OS.C14H18OS.2C2H6/c1-10-11-8-6-7-9-12(11)17-15(4,5)14(2,3)13(10)16;1-13(2)12-11(15-12)9-7-5-6-8-10(9)16-14(13,3)4;2*1-2/h6-10,13,16H,1-5H3;5-8,11-12H,1-4H3;2*1-2H3. The molecule has 0 amide bonds. The quantitative estimate of drug-likeness (QED) is 0.334. The van der Waals surface area contributed by atoms with Gasteiger partial charge < -0.3 is 9.84 Å². The van der Waals surface area contributed by atoms with E-state index in [2.05, 4.69) is 111 Å². The number of ether oxygens (including phenoxy) is 1. The van der Waals surface area contributed by atoms with E-state index in [-0.39, 0.29) is 32.3 Å². The highest BCUT2D eigenvalue weighted by molar-refractivity contribution is 8.01. The van der Waals surface area contributed by atoms with Crippen LogP contribution in [0.2, 0.25) is 0 Å². The maximum atomic E-state index is 10.7. The molecule has 4 unspecified atom stereocenters. The van der Waals surface area contributed by atoms with Crippen LogP contribution in [0.4, 0.5) is 0 Å². The smallest absolute Gasteiger partial charge is 0.111 e. The molecule has 4 atom stereocenters. The highest BCUT2D eigenvalue weighted by Crippen LogP contribution is 2.62. The van der Waals surface area contributed by atoms with Gasteiger partial charge in [0.1, 0.15) is 6.10 Å². The Morgan fingerprint density at radius 1 is 0.649 bits per heavy atom. The van der Waals surface area contributed by atoms with Crippen LogP contribution < -0.4 is 0 Å². The molecule has 3 heterocycles. The van der Waals surface area contributed by atoms with E-state index in [1.165, 1.54) is 20.9 Å². The lowest BCUT2D eigenvalue weighted by Gasteiger charge is -2.43. The summed E-state index contributed by atoms with van der Waals surface area (Å²) in [7, 11) is 0. The molecule has 37 heavy (non-hydrogen) atoms. The lowest BCUT2D eigenvalue weighted by Crippen LogP contribution is -2.46. The molecule has 4 heteroatoms. The van der Waals surface area contributed by atoms with Crippen molar-refractivity contribution in [2.24, 2.45) is 10.8 Å². The van der Waals surface area contributed by atoms with Crippen molar-refractivity contribution < 1.29 is 9.84 Å². The molecule has 0 aromatic heterocycles. The summed E-state index contributed by atoms with van der Waals surface area (Å²) in [6.45, 7) is 28.3. The van der Waals surface area contributed by atoms with Gasteiger partial charge in [-0.3, -0.25) is 0 Å². The fourth-order valence-corrected chi connectivity index (χ4v) is 7.79. The van der Waals surface area contributed by atoms with E-state index in [0.29, 0.717) is 12.2 Å². The predicted octanol–water partition coefficient (Wildman–Crippen LogP) is 10.2. The van der Waals surface area contributed by atoms with Gasteiger partial charge in [-0.25, -0.2) is 0 Å². The van der Waals surface area contributed by atoms with Crippen LogP contribution in [0, 0.1) is 10.8 Å². The Bertz CT molecular complexity index is 1020. The minimum atomic E-state index is -0.311. The average molecular weight is 545 g/mol. The van der Waals surface area contributed by atoms with E-state index in [9.17, 15) is 5.11 Å². The summed E-state index contributed by atoms with van der Waals surface area (Å²) < 4.78 is 6.15. The van der Waals surface area contributed by atoms with Crippen molar-refractivity contribution in [1.82, 2.24) is 0 Å². The van der Waals surface area contributed by atoms with Gasteiger partial charge in [0, 0.05) is 36.0 Å². The first-order chi connectivity index (χ1) is 17.2. The Hall–Kier alpha value is -0.940.